The van der Waals surface area contributed by atoms with Crippen molar-refractivity contribution in [3.05, 3.63) is 18.3 Å². The van der Waals surface area contributed by atoms with Crippen LogP contribution in [0.3, 0.4) is 0 Å². The fourth-order valence-corrected chi connectivity index (χ4v) is 1.58. The van der Waals surface area contributed by atoms with Crippen LogP contribution in [0.4, 0.5) is 19.0 Å². The number of carbonyl (C=O) groups is 1. The zero-order chi connectivity index (χ0) is 14.0. The average molecular weight is 278 g/mol. The van der Waals surface area contributed by atoms with Crippen LogP contribution >= 0.6 is 11.8 Å². The van der Waals surface area contributed by atoms with Gasteiger partial charge >= 0.3 is 5.51 Å². The zero-order valence-corrected chi connectivity index (χ0v) is 10.9. The van der Waals surface area contributed by atoms with Crippen molar-refractivity contribution in [3.8, 4) is 0 Å². The number of carbonyl (C=O) groups excluding carboxylic acids is 1. The topological polar surface area (TPSA) is 42.0 Å². The first kappa shape index (κ1) is 14.8. The second kappa shape index (κ2) is 5.17. The van der Waals surface area contributed by atoms with Gasteiger partial charge in [-0.1, -0.05) is 20.8 Å². The lowest BCUT2D eigenvalue weighted by molar-refractivity contribution is -0.123. The van der Waals surface area contributed by atoms with E-state index in [0.29, 0.717) is 0 Å². The van der Waals surface area contributed by atoms with Crippen molar-refractivity contribution in [2.24, 2.45) is 5.41 Å². The van der Waals surface area contributed by atoms with Gasteiger partial charge in [0.1, 0.15) is 5.82 Å². The predicted octanol–water partition coefficient (Wildman–Crippen LogP) is 3.68. The lowest BCUT2D eigenvalue weighted by Gasteiger charge is -2.18. The number of nitrogens with one attached hydrogen (secondary N) is 1. The van der Waals surface area contributed by atoms with Crippen molar-refractivity contribution in [1.82, 2.24) is 4.98 Å². The summed E-state index contributed by atoms with van der Waals surface area (Å²) >= 11 is -0.297. The van der Waals surface area contributed by atoms with E-state index in [9.17, 15) is 18.0 Å². The molecule has 0 radical (unpaired) electrons. The molecule has 0 saturated carbocycles. The molecular formula is C11H13F3N2OS. The molecule has 0 bridgehead atoms. The van der Waals surface area contributed by atoms with Crippen molar-refractivity contribution < 1.29 is 18.0 Å². The molecular weight excluding hydrogens is 265 g/mol. The van der Waals surface area contributed by atoms with Gasteiger partial charge < -0.3 is 5.32 Å². The Morgan fingerprint density at radius 2 is 1.94 bits per heavy atom. The van der Waals surface area contributed by atoms with Gasteiger partial charge in [0.05, 0.1) is 4.90 Å². The SMILES string of the molecule is CC(C)(C)C(=O)Nc1ncccc1SC(F)(F)F. The standard InChI is InChI=1S/C11H13F3N2OS/c1-10(2,3)9(17)16-8-7(5-4-6-15-8)18-11(12,13)14/h4-6H,1-3H3,(H,15,16,17). The molecule has 7 heteroatoms. The minimum absolute atomic E-state index is 0.0697. The van der Waals surface area contributed by atoms with Gasteiger partial charge in [-0.05, 0) is 23.9 Å². The fourth-order valence-electron chi connectivity index (χ4n) is 0.987. The number of thioether (sulfide) groups is 1. The summed E-state index contributed by atoms with van der Waals surface area (Å²) < 4.78 is 36.9. The van der Waals surface area contributed by atoms with Crippen molar-refractivity contribution in [2.45, 2.75) is 31.2 Å². The van der Waals surface area contributed by atoms with E-state index in [1.165, 1.54) is 18.3 Å². The third-order valence-corrected chi connectivity index (χ3v) is 2.69. The van der Waals surface area contributed by atoms with Crippen LogP contribution in [0.25, 0.3) is 0 Å². The molecule has 0 spiro atoms. The van der Waals surface area contributed by atoms with Crippen molar-refractivity contribution >= 4 is 23.5 Å². The molecule has 100 valence electrons. The Labute approximate surface area is 107 Å². The van der Waals surface area contributed by atoms with Gasteiger partial charge in [0, 0.05) is 11.6 Å². The monoisotopic (exact) mass is 278 g/mol. The van der Waals surface area contributed by atoms with Gasteiger partial charge in [0.2, 0.25) is 5.91 Å². The normalized spacial score (nSPS) is 12.3. The van der Waals surface area contributed by atoms with Gasteiger partial charge in [0.15, 0.2) is 0 Å². The molecule has 0 saturated heterocycles. The summed E-state index contributed by atoms with van der Waals surface area (Å²) in [4.78, 5) is 15.4. The van der Waals surface area contributed by atoms with Crippen LogP contribution in [0, 0.1) is 5.41 Å². The number of halogens is 3. The predicted molar refractivity (Wildman–Crippen MR) is 64.2 cm³/mol. The molecule has 18 heavy (non-hydrogen) atoms. The highest BCUT2D eigenvalue weighted by atomic mass is 32.2. The molecule has 1 aromatic heterocycles. The average Bonchev–Trinajstić information content (AvgIpc) is 2.17. The molecule has 0 aliphatic rings. The van der Waals surface area contributed by atoms with E-state index in [2.05, 4.69) is 10.3 Å². The van der Waals surface area contributed by atoms with Gasteiger partial charge in [-0.25, -0.2) is 4.98 Å². The molecule has 0 aliphatic carbocycles. The molecule has 1 N–H and O–H groups in total. The largest absolute Gasteiger partial charge is 0.446 e. The number of hydrogen-bond acceptors (Lipinski definition) is 3. The molecule has 0 aliphatic heterocycles. The summed E-state index contributed by atoms with van der Waals surface area (Å²) in [6.07, 6.45) is 1.33. The zero-order valence-electron chi connectivity index (χ0n) is 10.1. The van der Waals surface area contributed by atoms with Crippen LogP contribution in [-0.4, -0.2) is 16.4 Å². The van der Waals surface area contributed by atoms with E-state index in [4.69, 9.17) is 0 Å². The van der Waals surface area contributed by atoms with Crippen LogP contribution in [0.5, 0.6) is 0 Å². The van der Waals surface area contributed by atoms with Crippen LogP contribution in [0.15, 0.2) is 23.2 Å². The Kier molecular flexibility index (Phi) is 4.26. The number of aromatic nitrogens is 1. The second-order valence-electron chi connectivity index (χ2n) is 4.60. The maximum atomic E-state index is 12.3. The number of pyridine rings is 1. The Morgan fingerprint density at radius 1 is 1.33 bits per heavy atom. The Balaban J connectivity index is 2.93. The molecule has 0 atom stereocenters. The number of rotatable bonds is 2. The fraction of sp³-hybridized carbons (Fsp3) is 0.455. The van der Waals surface area contributed by atoms with Gasteiger partial charge in [-0.15, -0.1) is 0 Å². The Bertz CT molecular complexity index is 441. The molecule has 0 unspecified atom stereocenters. The van der Waals surface area contributed by atoms with Crippen LogP contribution in [-0.2, 0) is 4.79 Å². The van der Waals surface area contributed by atoms with E-state index >= 15 is 0 Å². The Hall–Kier alpha value is -1.24. The summed E-state index contributed by atoms with van der Waals surface area (Å²) in [6.45, 7) is 5.01. The second-order valence-corrected chi connectivity index (χ2v) is 5.71. The number of hydrogen-bond donors (Lipinski definition) is 1. The highest BCUT2D eigenvalue weighted by Crippen LogP contribution is 2.39. The molecule has 0 fully saturated rings. The van der Waals surface area contributed by atoms with Crippen LogP contribution < -0.4 is 5.32 Å². The maximum Gasteiger partial charge on any atom is 0.446 e. The first-order valence-corrected chi connectivity index (χ1v) is 5.93. The smallest absolute Gasteiger partial charge is 0.309 e. The third-order valence-electron chi connectivity index (χ3n) is 1.91. The van der Waals surface area contributed by atoms with Crippen LogP contribution in [0.2, 0.25) is 0 Å². The van der Waals surface area contributed by atoms with E-state index in [1.54, 1.807) is 20.8 Å². The van der Waals surface area contributed by atoms with E-state index in [0.717, 1.165) is 0 Å². The summed E-state index contributed by atoms with van der Waals surface area (Å²) in [5.74, 6) is -0.454. The summed E-state index contributed by atoms with van der Waals surface area (Å²) in [5.41, 5.74) is -5.11. The molecule has 1 aromatic rings. The number of alkyl halides is 3. The quantitative estimate of drug-likeness (QED) is 0.839. The Morgan fingerprint density at radius 3 is 2.44 bits per heavy atom. The first-order chi connectivity index (χ1) is 8.09. The minimum atomic E-state index is -4.41. The van der Waals surface area contributed by atoms with E-state index in [1.807, 2.05) is 0 Å². The number of anilines is 1. The molecule has 1 heterocycles. The molecule has 0 aromatic carbocycles. The summed E-state index contributed by atoms with van der Waals surface area (Å²) in [6, 6.07) is 2.66. The van der Waals surface area contributed by atoms with Crippen molar-refractivity contribution in [3.63, 3.8) is 0 Å². The molecule has 1 rings (SSSR count). The highest BCUT2D eigenvalue weighted by molar-refractivity contribution is 8.00. The third kappa shape index (κ3) is 4.56. The van der Waals surface area contributed by atoms with E-state index in [-0.39, 0.29) is 28.4 Å². The van der Waals surface area contributed by atoms with Crippen LogP contribution in [0.1, 0.15) is 20.8 Å². The van der Waals surface area contributed by atoms with E-state index < -0.39 is 10.9 Å². The lowest BCUT2D eigenvalue weighted by Crippen LogP contribution is -2.28. The highest BCUT2D eigenvalue weighted by Gasteiger charge is 2.31. The maximum absolute atomic E-state index is 12.3. The van der Waals surface area contributed by atoms with Gasteiger partial charge in [-0.2, -0.15) is 13.2 Å². The van der Waals surface area contributed by atoms with Crippen molar-refractivity contribution in [1.29, 1.82) is 0 Å². The van der Waals surface area contributed by atoms with Gasteiger partial charge in [-0.3, -0.25) is 4.79 Å². The summed E-state index contributed by atoms with van der Waals surface area (Å²) in [5, 5.41) is 2.40. The first-order valence-electron chi connectivity index (χ1n) is 5.12. The number of amides is 1. The van der Waals surface area contributed by atoms with Crippen molar-refractivity contribution in [2.75, 3.05) is 5.32 Å². The summed E-state index contributed by atoms with van der Waals surface area (Å²) in [7, 11) is 0. The molecule has 1 amide bonds. The number of nitrogens with zero attached hydrogens (tertiary/aromatic N) is 1. The van der Waals surface area contributed by atoms with Gasteiger partial charge in [0.25, 0.3) is 0 Å². The minimum Gasteiger partial charge on any atom is -0.309 e. The molecule has 3 nitrogen and oxygen atoms in total. The lowest BCUT2D eigenvalue weighted by atomic mass is 9.96.